The lowest BCUT2D eigenvalue weighted by Crippen LogP contribution is -2.37. The maximum atomic E-state index is 12.8. The quantitative estimate of drug-likeness (QED) is 0.386. The van der Waals surface area contributed by atoms with Crippen LogP contribution in [0.3, 0.4) is 0 Å². The molecule has 0 atom stereocenters. The minimum atomic E-state index is -1.33. The van der Waals surface area contributed by atoms with Gasteiger partial charge in [0.2, 0.25) is 0 Å². The Balaban J connectivity index is 1.70. The molecular formula is C26H29NO4S. The number of Topliss-reactive ketones (excluding diaryl/α,β-unsaturated/α-hetero) is 1. The van der Waals surface area contributed by atoms with Gasteiger partial charge in [0.15, 0.2) is 11.4 Å². The lowest BCUT2D eigenvalue weighted by molar-refractivity contribution is -0.152. The van der Waals surface area contributed by atoms with Crippen molar-refractivity contribution in [1.29, 1.82) is 0 Å². The molecule has 3 aromatic rings. The Bertz CT molecular complexity index is 1100. The first-order valence-corrected chi connectivity index (χ1v) is 11.5. The van der Waals surface area contributed by atoms with E-state index in [0.717, 1.165) is 21.1 Å². The van der Waals surface area contributed by atoms with Crippen LogP contribution < -0.4 is 4.74 Å². The number of hydrogen-bond donors (Lipinski definition) is 1. The Morgan fingerprint density at radius 3 is 2.25 bits per heavy atom. The number of aliphatic carboxylic acids is 1. The van der Waals surface area contributed by atoms with Crippen LogP contribution in [0.15, 0.2) is 48.5 Å². The van der Waals surface area contributed by atoms with Gasteiger partial charge in [0.05, 0.1) is 5.69 Å². The van der Waals surface area contributed by atoms with Crippen molar-refractivity contribution in [3.8, 4) is 16.3 Å². The number of thiazole rings is 1. The number of ketones is 1. The number of carbonyl (C=O) groups is 2. The first-order chi connectivity index (χ1) is 15.1. The SMILES string of the molecule is Cc1ccc(-c2nc(C(C)C)c(CCC(=O)c3ccc(OC(C)(C)C(=O)O)cc3)s2)cc1. The van der Waals surface area contributed by atoms with Crippen molar-refractivity contribution in [3.63, 3.8) is 0 Å². The van der Waals surface area contributed by atoms with Crippen LogP contribution in [-0.4, -0.2) is 27.4 Å². The molecule has 168 valence electrons. The molecule has 6 heteroatoms. The lowest BCUT2D eigenvalue weighted by atomic mass is 10.0. The van der Waals surface area contributed by atoms with Crippen LogP contribution >= 0.6 is 11.3 Å². The summed E-state index contributed by atoms with van der Waals surface area (Å²) in [6.45, 7) is 9.28. The van der Waals surface area contributed by atoms with E-state index < -0.39 is 11.6 Å². The van der Waals surface area contributed by atoms with Gasteiger partial charge in [-0.2, -0.15) is 0 Å². The average molecular weight is 452 g/mol. The van der Waals surface area contributed by atoms with Gasteiger partial charge in [0.25, 0.3) is 0 Å². The number of benzene rings is 2. The molecule has 0 radical (unpaired) electrons. The van der Waals surface area contributed by atoms with E-state index in [2.05, 4.69) is 45.0 Å². The smallest absolute Gasteiger partial charge is 0.347 e. The minimum absolute atomic E-state index is 0.0361. The zero-order chi connectivity index (χ0) is 23.5. The third-order valence-electron chi connectivity index (χ3n) is 5.22. The maximum Gasteiger partial charge on any atom is 0.347 e. The summed E-state index contributed by atoms with van der Waals surface area (Å²) in [6, 6.07) is 15.0. The van der Waals surface area contributed by atoms with Crippen molar-refractivity contribution >= 4 is 23.1 Å². The highest BCUT2D eigenvalue weighted by molar-refractivity contribution is 7.15. The fourth-order valence-corrected chi connectivity index (χ4v) is 4.45. The van der Waals surface area contributed by atoms with Gasteiger partial charge in [0.1, 0.15) is 10.8 Å². The predicted molar refractivity (Wildman–Crippen MR) is 128 cm³/mol. The number of ether oxygens (including phenoxy) is 1. The van der Waals surface area contributed by atoms with Crippen molar-refractivity contribution in [2.75, 3.05) is 0 Å². The topological polar surface area (TPSA) is 76.5 Å². The molecule has 0 amide bonds. The van der Waals surface area contributed by atoms with E-state index in [0.29, 0.717) is 24.2 Å². The van der Waals surface area contributed by atoms with Gasteiger partial charge in [-0.25, -0.2) is 9.78 Å². The summed E-state index contributed by atoms with van der Waals surface area (Å²) in [6.07, 6.45) is 1.02. The second kappa shape index (κ2) is 9.65. The third-order valence-corrected chi connectivity index (χ3v) is 6.40. The minimum Gasteiger partial charge on any atom is -0.478 e. The number of hydrogen-bond acceptors (Lipinski definition) is 5. The number of aryl methyl sites for hydroxylation is 2. The molecule has 0 bridgehead atoms. The van der Waals surface area contributed by atoms with E-state index in [4.69, 9.17) is 9.72 Å². The van der Waals surface area contributed by atoms with Crippen LogP contribution in [0, 0.1) is 6.92 Å². The van der Waals surface area contributed by atoms with Crippen molar-refractivity contribution in [2.24, 2.45) is 0 Å². The first-order valence-electron chi connectivity index (χ1n) is 10.7. The third kappa shape index (κ3) is 5.62. The van der Waals surface area contributed by atoms with E-state index in [1.165, 1.54) is 19.4 Å². The summed E-state index contributed by atoms with van der Waals surface area (Å²) in [4.78, 5) is 30.0. The normalized spacial score (nSPS) is 11.6. The Morgan fingerprint density at radius 1 is 1.06 bits per heavy atom. The molecule has 0 fully saturated rings. The molecule has 2 aromatic carbocycles. The van der Waals surface area contributed by atoms with Crippen LogP contribution in [0.4, 0.5) is 0 Å². The Hall–Kier alpha value is -2.99. The maximum absolute atomic E-state index is 12.8. The molecule has 3 rings (SSSR count). The number of nitrogens with zero attached hydrogens (tertiary/aromatic N) is 1. The second-order valence-electron chi connectivity index (χ2n) is 8.71. The lowest BCUT2D eigenvalue weighted by Gasteiger charge is -2.21. The van der Waals surface area contributed by atoms with Crippen molar-refractivity contribution in [3.05, 3.63) is 70.2 Å². The predicted octanol–water partition coefficient (Wildman–Crippen LogP) is 6.30. The summed E-state index contributed by atoms with van der Waals surface area (Å²) in [5.41, 5.74) is 2.61. The number of carboxylic acids is 1. The first kappa shape index (κ1) is 23.7. The Labute approximate surface area is 193 Å². The molecular weight excluding hydrogens is 422 g/mol. The van der Waals surface area contributed by atoms with Crippen LogP contribution in [0.25, 0.3) is 10.6 Å². The number of carboxylic acid groups (broad SMARTS) is 1. The summed E-state index contributed by atoms with van der Waals surface area (Å²) in [5.74, 6) is -0.312. The monoisotopic (exact) mass is 451 g/mol. The summed E-state index contributed by atoms with van der Waals surface area (Å²) >= 11 is 1.66. The molecule has 1 aromatic heterocycles. The van der Waals surface area contributed by atoms with Crippen molar-refractivity contribution in [2.45, 2.75) is 59.0 Å². The Kier molecular flexibility index (Phi) is 7.14. The molecule has 0 spiro atoms. The highest BCUT2D eigenvalue weighted by Gasteiger charge is 2.29. The van der Waals surface area contributed by atoms with E-state index in [1.54, 1.807) is 35.6 Å². The molecule has 0 aliphatic rings. The van der Waals surface area contributed by atoms with Gasteiger partial charge >= 0.3 is 5.97 Å². The average Bonchev–Trinajstić information content (AvgIpc) is 3.17. The zero-order valence-electron chi connectivity index (χ0n) is 19.1. The highest BCUT2D eigenvalue weighted by atomic mass is 32.1. The van der Waals surface area contributed by atoms with Crippen LogP contribution in [0.5, 0.6) is 5.75 Å². The molecule has 0 unspecified atom stereocenters. The number of carbonyl (C=O) groups excluding carboxylic acids is 1. The van der Waals surface area contributed by atoms with Crippen molar-refractivity contribution < 1.29 is 19.4 Å². The molecule has 1 N–H and O–H groups in total. The molecule has 0 saturated carbocycles. The summed E-state index contributed by atoms with van der Waals surface area (Å²) in [5, 5.41) is 10.2. The van der Waals surface area contributed by atoms with Gasteiger partial charge in [-0.3, -0.25) is 4.79 Å². The fraction of sp³-hybridized carbons (Fsp3) is 0.346. The standard InChI is InChI=1S/C26H29NO4S/c1-16(2)23-22(32-24(27-23)19-8-6-17(3)7-9-19)15-14-21(28)18-10-12-20(13-11-18)31-26(4,5)25(29)30/h6-13,16H,14-15H2,1-5H3,(H,29,30). The van der Waals surface area contributed by atoms with E-state index in [1.807, 2.05) is 0 Å². The Morgan fingerprint density at radius 2 is 1.69 bits per heavy atom. The second-order valence-corrected chi connectivity index (χ2v) is 9.80. The van der Waals surface area contributed by atoms with Crippen molar-refractivity contribution in [1.82, 2.24) is 4.98 Å². The van der Waals surface area contributed by atoms with E-state index in [-0.39, 0.29) is 11.7 Å². The van der Waals surface area contributed by atoms with Gasteiger partial charge in [-0.05, 0) is 57.4 Å². The zero-order valence-corrected chi connectivity index (χ0v) is 20.0. The van der Waals surface area contributed by atoms with Gasteiger partial charge in [-0.15, -0.1) is 11.3 Å². The number of aromatic nitrogens is 1. The van der Waals surface area contributed by atoms with Gasteiger partial charge in [0, 0.05) is 22.4 Å². The number of rotatable bonds is 9. The molecule has 1 heterocycles. The van der Waals surface area contributed by atoms with Crippen LogP contribution in [0.1, 0.15) is 66.5 Å². The molecule has 5 nitrogen and oxygen atoms in total. The van der Waals surface area contributed by atoms with Gasteiger partial charge < -0.3 is 9.84 Å². The summed E-state index contributed by atoms with van der Waals surface area (Å²) in [7, 11) is 0. The summed E-state index contributed by atoms with van der Waals surface area (Å²) < 4.78 is 5.50. The molecule has 0 aliphatic heterocycles. The van der Waals surface area contributed by atoms with E-state index >= 15 is 0 Å². The largest absolute Gasteiger partial charge is 0.478 e. The highest BCUT2D eigenvalue weighted by Crippen LogP contribution is 2.33. The molecule has 32 heavy (non-hydrogen) atoms. The van der Waals surface area contributed by atoms with Crippen LogP contribution in [-0.2, 0) is 11.2 Å². The van der Waals surface area contributed by atoms with E-state index in [9.17, 15) is 14.7 Å². The van der Waals surface area contributed by atoms with Crippen LogP contribution in [0.2, 0.25) is 0 Å². The molecule has 0 aliphatic carbocycles. The molecule has 0 saturated heterocycles. The fourth-order valence-electron chi connectivity index (χ4n) is 3.23. The van der Waals surface area contributed by atoms with Gasteiger partial charge in [-0.1, -0.05) is 43.7 Å².